The highest BCUT2D eigenvalue weighted by molar-refractivity contribution is 7.91. The van der Waals surface area contributed by atoms with Gasteiger partial charge in [-0.2, -0.15) is 0 Å². The van der Waals surface area contributed by atoms with E-state index < -0.39 is 10.0 Å². The van der Waals surface area contributed by atoms with E-state index in [4.69, 9.17) is 17.3 Å². The molecule has 6 heteroatoms. The molecule has 0 unspecified atom stereocenters. The molecule has 0 aliphatic rings. The zero-order valence-electron chi connectivity index (χ0n) is 10.9. The molecule has 0 amide bonds. The fraction of sp³-hybridized carbons (Fsp3) is 0.143. The lowest BCUT2D eigenvalue weighted by atomic mass is 10.2. The van der Waals surface area contributed by atoms with Crippen LogP contribution in [-0.2, 0) is 15.8 Å². The summed E-state index contributed by atoms with van der Waals surface area (Å²) >= 11 is 5.97. The van der Waals surface area contributed by atoms with E-state index in [0.29, 0.717) is 22.0 Å². The number of hydrogen-bond donors (Lipinski definition) is 2. The molecule has 0 aliphatic carbocycles. The second-order valence-electron chi connectivity index (χ2n) is 4.52. The molecular formula is C14H15ClN2O2S. The maximum absolute atomic E-state index is 12.1. The number of nitrogens with one attached hydrogen (secondary N) is 1. The minimum Gasteiger partial charge on any atom is -0.398 e. The van der Waals surface area contributed by atoms with E-state index in [2.05, 4.69) is 4.72 Å². The summed E-state index contributed by atoms with van der Waals surface area (Å²) in [5, 5.41) is 0.518. The summed E-state index contributed by atoms with van der Waals surface area (Å²) in [7, 11) is -3.53. The number of para-hydroxylation sites is 1. The second kappa shape index (κ2) is 5.73. The minimum atomic E-state index is -3.53. The summed E-state index contributed by atoms with van der Waals surface area (Å²) in [4.78, 5) is 0. The summed E-state index contributed by atoms with van der Waals surface area (Å²) in [5.74, 6) is -0.175. The first-order valence-corrected chi connectivity index (χ1v) is 8.00. The smallest absolute Gasteiger partial charge is 0.236 e. The largest absolute Gasteiger partial charge is 0.398 e. The maximum Gasteiger partial charge on any atom is 0.236 e. The van der Waals surface area contributed by atoms with E-state index in [1.165, 1.54) is 0 Å². The van der Waals surface area contributed by atoms with Crippen molar-refractivity contribution in [3.8, 4) is 0 Å². The van der Waals surface area contributed by atoms with Crippen LogP contribution in [0, 0.1) is 6.92 Å². The van der Waals surface area contributed by atoms with Crippen molar-refractivity contribution in [2.75, 3.05) is 10.5 Å². The third kappa shape index (κ3) is 3.65. The molecule has 2 rings (SSSR count). The van der Waals surface area contributed by atoms with Crippen LogP contribution in [0.1, 0.15) is 11.1 Å². The normalized spacial score (nSPS) is 11.3. The van der Waals surface area contributed by atoms with Gasteiger partial charge in [-0.3, -0.25) is 4.72 Å². The number of halogens is 1. The Bertz CT molecular complexity index is 730. The van der Waals surface area contributed by atoms with Crippen LogP contribution in [-0.4, -0.2) is 8.42 Å². The van der Waals surface area contributed by atoms with Gasteiger partial charge in [0.05, 0.1) is 5.75 Å². The SMILES string of the molecule is Cc1ccc(NS(=O)(=O)Cc2ccccc2N)cc1Cl. The zero-order valence-corrected chi connectivity index (χ0v) is 12.5. The Kier molecular flexibility index (Phi) is 4.20. The van der Waals surface area contributed by atoms with Crippen LogP contribution in [0.15, 0.2) is 42.5 Å². The molecule has 0 aliphatic heterocycles. The molecular weight excluding hydrogens is 296 g/mol. The van der Waals surface area contributed by atoms with Crippen molar-refractivity contribution in [2.24, 2.45) is 0 Å². The number of rotatable bonds is 4. The average Bonchev–Trinajstić information content (AvgIpc) is 2.36. The van der Waals surface area contributed by atoms with Crippen LogP contribution in [0.4, 0.5) is 11.4 Å². The highest BCUT2D eigenvalue weighted by Gasteiger charge is 2.13. The Hall–Kier alpha value is -1.72. The third-order valence-electron chi connectivity index (χ3n) is 2.85. The molecule has 4 nitrogen and oxygen atoms in total. The van der Waals surface area contributed by atoms with Crippen molar-refractivity contribution in [3.05, 3.63) is 58.6 Å². The van der Waals surface area contributed by atoms with Gasteiger partial charge in [0.2, 0.25) is 10.0 Å². The zero-order chi connectivity index (χ0) is 14.8. The number of anilines is 2. The van der Waals surface area contributed by atoms with Gasteiger partial charge in [-0.05, 0) is 36.2 Å². The van der Waals surface area contributed by atoms with Crippen LogP contribution in [0.25, 0.3) is 0 Å². The molecule has 0 atom stereocenters. The Morgan fingerprint density at radius 1 is 1.20 bits per heavy atom. The predicted molar refractivity (Wildman–Crippen MR) is 83.3 cm³/mol. The summed E-state index contributed by atoms with van der Waals surface area (Å²) in [6, 6.07) is 11.9. The van der Waals surface area contributed by atoms with E-state index >= 15 is 0 Å². The molecule has 0 saturated heterocycles. The highest BCUT2D eigenvalue weighted by Crippen LogP contribution is 2.22. The van der Waals surface area contributed by atoms with Gasteiger partial charge in [0, 0.05) is 16.4 Å². The molecule has 0 aromatic heterocycles. The molecule has 20 heavy (non-hydrogen) atoms. The van der Waals surface area contributed by atoms with E-state index in [1.807, 2.05) is 6.92 Å². The lowest BCUT2D eigenvalue weighted by Gasteiger charge is -2.10. The lowest BCUT2D eigenvalue weighted by molar-refractivity contribution is 0.600. The van der Waals surface area contributed by atoms with E-state index in [9.17, 15) is 8.42 Å². The Morgan fingerprint density at radius 2 is 1.90 bits per heavy atom. The van der Waals surface area contributed by atoms with Crippen molar-refractivity contribution < 1.29 is 8.42 Å². The number of hydrogen-bond acceptors (Lipinski definition) is 3. The van der Waals surface area contributed by atoms with Crippen molar-refractivity contribution >= 4 is 33.0 Å². The van der Waals surface area contributed by atoms with E-state index in [1.54, 1.807) is 42.5 Å². The van der Waals surface area contributed by atoms with Crippen molar-refractivity contribution in [1.29, 1.82) is 0 Å². The first-order chi connectivity index (χ1) is 9.37. The molecule has 0 saturated carbocycles. The van der Waals surface area contributed by atoms with Crippen LogP contribution in [0.5, 0.6) is 0 Å². The van der Waals surface area contributed by atoms with Gasteiger partial charge >= 0.3 is 0 Å². The minimum absolute atomic E-state index is 0.175. The van der Waals surface area contributed by atoms with Crippen LogP contribution in [0.2, 0.25) is 5.02 Å². The van der Waals surface area contributed by atoms with Crippen LogP contribution < -0.4 is 10.5 Å². The van der Waals surface area contributed by atoms with E-state index in [-0.39, 0.29) is 5.75 Å². The van der Waals surface area contributed by atoms with Gasteiger partial charge in [-0.1, -0.05) is 35.9 Å². The molecule has 0 spiro atoms. The third-order valence-corrected chi connectivity index (χ3v) is 4.49. The summed E-state index contributed by atoms with van der Waals surface area (Å²) in [6.07, 6.45) is 0. The number of sulfonamides is 1. The van der Waals surface area contributed by atoms with Gasteiger partial charge in [-0.25, -0.2) is 8.42 Å². The number of aryl methyl sites for hydroxylation is 1. The Balaban J connectivity index is 2.19. The molecule has 0 bridgehead atoms. The molecule has 0 heterocycles. The first-order valence-electron chi connectivity index (χ1n) is 5.97. The Morgan fingerprint density at radius 3 is 2.55 bits per heavy atom. The van der Waals surface area contributed by atoms with Crippen LogP contribution in [0.3, 0.4) is 0 Å². The molecule has 3 N–H and O–H groups in total. The van der Waals surface area contributed by atoms with Gasteiger partial charge in [-0.15, -0.1) is 0 Å². The topological polar surface area (TPSA) is 72.2 Å². The summed E-state index contributed by atoms with van der Waals surface area (Å²) < 4.78 is 26.7. The fourth-order valence-corrected chi connectivity index (χ4v) is 3.15. The lowest BCUT2D eigenvalue weighted by Crippen LogP contribution is -2.16. The fourth-order valence-electron chi connectivity index (χ4n) is 1.74. The quantitative estimate of drug-likeness (QED) is 0.852. The first kappa shape index (κ1) is 14.7. The van der Waals surface area contributed by atoms with Gasteiger partial charge < -0.3 is 5.73 Å². The molecule has 0 fully saturated rings. The highest BCUT2D eigenvalue weighted by atomic mass is 35.5. The molecule has 2 aromatic rings. The van der Waals surface area contributed by atoms with Gasteiger partial charge in [0.1, 0.15) is 0 Å². The predicted octanol–water partition coefficient (Wildman–Crippen LogP) is 3.17. The Labute approximate surface area is 123 Å². The van der Waals surface area contributed by atoms with Gasteiger partial charge in [0.15, 0.2) is 0 Å². The summed E-state index contributed by atoms with van der Waals surface area (Å²) in [5.41, 5.74) is 8.11. The van der Waals surface area contributed by atoms with Gasteiger partial charge in [0.25, 0.3) is 0 Å². The van der Waals surface area contributed by atoms with Crippen molar-refractivity contribution in [2.45, 2.75) is 12.7 Å². The van der Waals surface area contributed by atoms with E-state index in [0.717, 1.165) is 5.56 Å². The monoisotopic (exact) mass is 310 g/mol. The maximum atomic E-state index is 12.1. The van der Waals surface area contributed by atoms with Crippen LogP contribution >= 0.6 is 11.6 Å². The number of nitrogen functional groups attached to an aromatic ring is 1. The average molecular weight is 311 g/mol. The van der Waals surface area contributed by atoms with Crippen molar-refractivity contribution in [3.63, 3.8) is 0 Å². The molecule has 0 radical (unpaired) electrons. The molecule has 106 valence electrons. The summed E-state index contributed by atoms with van der Waals surface area (Å²) in [6.45, 7) is 1.85. The second-order valence-corrected chi connectivity index (χ2v) is 6.65. The standard InChI is InChI=1S/C14H15ClN2O2S/c1-10-6-7-12(8-13(10)15)17-20(18,19)9-11-4-2-3-5-14(11)16/h2-8,17H,9,16H2,1H3. The number of nitrogens with two attached hydrogens (primary N) is 1. The molecule has 2 aromatic carbocycles. The van der Waals surface area contributed by atoms with Crippen molar-refractivity contribution in [1.82, 2.24) is 0 Å². The number of benzene rings is 2.